The van der Waals surface area contributed by atoms with Gasteiger partial charge >= 0.3 is 0 Å². The molecule has 1 fully saturated rings. The van der Waals surface area contributed by atoms with Crippen LogP contribution in [0.3, 0.4) is 0 Å². The highest BCUT2D eigenvalue weighted by Gasteiger charge is 2.23. The largest absolute Gasteiger partial charge is 0.310 e. The Morgan fingerprint density at radius 3 is 2.39 bits per heavy atom. The number of rotatable bonds is 5. The molecule has 1 saturated carbocycles. The topological polar surface area (TPSA) is 37.8 Å². The lowest BCUT2D eigenvalue weighted by atomic mass is 9.96. The first-order chi connectivity index (χ1) is 8.45. The van der Waals surface area contributed by atoms with Crippen molar-refractivity contribution in [2.45, 2.75) is 65.0 Å². The Kier molecular flexibility index (Phi) is 4.00. The number of hydrogen-bond acceptors (Lipinski definition) is 3. The predicted molar refractivity (Wildman–Crippen MR) is 74.4 cm³/mol. The molecule has 1 aromatic heterocycles. The lowest BCUT2D eigenvalue weighted by molar-refractivity contribution is 0.485. The van der Waals surface area contributed by atoms with E-state index in [1.165, 1.54) is 24.8 Å². The number of nitrogens with one attached hydrogen (secondary N) is 1. The molecule has 3 nitrogen and oxygen atoms in total. The quantitative estimate of drug-likeness (QED) is 0.869. The molecule has 0 aliphatic heterocycles. The lowest BCUT2D eigenvalue weighted by Crippen LogP contribution is -2.26. The summed E-state index contributed by atoms with van der Waals surface area (Å²) in [6, 6.07) is 0.597. The molecule has 3 heteroatoms. The highest BCUT2D eigenvalue weighted by molar-refractivity contribution is 5.09. The van der Waals surface area contributed by atoms with Crippen LogP contribution in [0.25, 0.3) is 0 Å². The molecule has 0 saturated heterocycles. The molecular weight excluding hydrogens is 222 g/mol. The van der Waals surface area contributed by atoms with E-state index in [0.717, 1.165) is 18.3 Å². The molecule has 1 unspecified atom stereocenters. The summed E-state index contributed by atoms with van der Waals surface area (Å²) in [6.07, 6.45) is 8.06. The first-order valence-electron chi connectivity index (χ1n) is 7.00. The van der Waals surface area contributed by atoms with E-state index in [-0.39, 0.29) is 5.41 Å². The average molecular weight is 247 g/mol. The van der Waals surface area contributed by atoms with Crippen molar-refractivity contribution >= 4 is 0 Å². The standard InChI is InChI=1S/C15H25N3/c1-11(7-12-5-6-12)16-8-13-9-17-14(18-10-13)15(2,3)4/h9-12,16H,5-8H2,1-4H3. The Morgan fingerprint density at radius 1 is 1.28 bits per heavy atom. The van der Waals surface area contributed by atoms with Crippen LogP contribution in [-0.2, 0) is 12.0 Å². The van der Waals surface area contributed by atoms with Gasteiger partial charge in [0.1, 0.15) is 5.82 Å². The predicted octanol–water partition coefficient (Wildman–Crippen LogP) is 3.05. The van der Waals surface area contributed by atoms with Gasteiger partial charge in [-0.2, -0.15) is 0 Å². The highest BCUT2D eigenvalue weighted by Crippen LogP contribution is 2.33. The molecule has 1 heterocycles. The van der Waals surface area contributed by atoms with Gasteiger partial charge in [-0.3, -0.25) is 0 Å². The number of nitrogens with zero attached hydrogens (tertiary/aromatic N) is 2. The average Bonchev–Trinajstić information content (AvgIpc) is 3.10. The molecule has 0 amide bonds. The van der Waals surface area contributed by atoms with E-state index in [1.807, 2.05) is 12.4 Å². The lowest BCUT2D eigenvalue weighted by Gasteiger charge is -2.17. The summed E-state index contributed by atoms with van der Waals surface area (Å²) >= 11 is 0. The molecule has 1 aliphatic carbocycles. The van der Waals surface area contributed by atoms with Crippen LogP contribution in [0.5, 0.6) is 0 Å². The second-order valence-electron chi connectivity index (χ2n) is 6.63. The third kappa shape index (κ3) is 4.05. The van der Waals surface area contributed by atoms with Gasteiger partial charge in [-0.25, -0.2) is 9.97 Å². The van der Waals surface area contributed by atoms with Crippen LogP contribution in [0.15, 0.2) is 12.4 Å². The maximum Gasteiger partial charge on any atom is 0.133 e. The van der Waals surface area contributed by atoms with Crippen molar-refractivity contribution in [1.29, 1.82) is 0 Å². The summed E-state index contributed by atoms with van der Waals surface area (Å²) < 4.78 is 0. The molecule has 18 heavy (non-hydrogen) atoms. The van der Waals surface area contributed by atoms with Gasteiger partial charge in [0.05, 0.1) is 0 Å². The minimum atomic E-state index is 0.0330. The molecule has 0 spiro atoms. The Morgan fingerprint density at radius 2 is 1.89 bits per heavy atom. The fourth-order valence-corrected chi connectivity index (χ4v) is 2.06. The van der Waals surface area contributed by atoms with E-state index in [0.29, 0.717) is 6.04 Å². The maximum absolute atomic E-state index is 4.45. The number of hydrogen-bond donors (Lipinski definition) is 1. The van der Waals surface area contributed by atoms with E-state index in [2.05, 4.69) is 43.0 Å². The molecule has 2 rings (SSSR count). The zero-order valence-electron chi connectivity index (χ0n) is 12.0. The van der Waals surface area contributed by atoms with Crippen LogP contribution in [0.2, 0.25) is 0 Å². The summed E-state index contributed by atoms with van der Waals surface area (Å²) in [6.45, 7) is 9.55. The van der Waals surface area contributed by atoms with Crippen molar-refractivity contribution in [3.05, 3.63) is 23.8 Å². The molecule has 1 aliphatic rings. The van der Waals surface area contributed by atoms with Gasteiger partial charge in [-0.1, -0.05) is 33.6 Å². The maximum atomic E-state index is 4.45. The molecule has 1 aromatic rings. The van der Waals surface area contributed by atoms with E-state index >= 15 is 0 Å². The van der Waals surface area contributed by atoms with Gasteiger partial charge in [0, 0.05) is 36.0 Å². The first-order valence-corrected chi connectivity index (χ1v) is 7.00. The Labute approximate surface area is 110 Å². The van der Waals surface area contributed by atoms with Crippen LogP contribution in [0.1, 0.15) is 58.3 Å². The van der Waals surface area contributed by atoms with Crippen LogP contribution in [0, 0.1) is 5.92 Å². The molecule has 100 valence electrons. The van der Waals surface area contributed by atoms with Crippen molar-refractivity contribution < 1.29 is 0 Å². The Balaban J connectivity index is 1.82. The van der Waals surface area contributed by atoms with Crippen LogP contribution in [-0.4, -0.2) is 16.0 Å². The van der Waals surface area contributed by atoms with Crippen molar-refractivity contribution in [3.63, 3.8) is 0 Å². The van der Waals surface area contributed by atoms with Crippen molar-refractivity contribution in [1.82, 2.24) is 15.3 Å². The molecule has 1 N–H and O–H groups in total. The second kappa shape index (κ2) is 5.35. The third-order valence-corrected chi connectivity index (χ3v) is 3.41. The molecule has 0 aromatic carbocycles. The zero-order valence-corrected chi connectivity index (χ0v) is 12.0. The fourth-order valence-electron chi connectivity index (χ4n) is 2.06. The fraction of sp³-hybridized carbons (Fsp3) is 0.733. The van der Waals surface area contributed by atoms with Crippen molar-refractivity contribution in [3.8, 4) is 0 Å². The zero-order chi connectivity index (χ0) is 13.2. The van der Waals surface area contributed by atoms with Gasteiger partial charge in [0.25, 0.3) is 0 Å². The third-order valence-electron chi connectivity index (χ3n) is 3.41. The Bertz CT molecular complexity index is 374. The van der Waals surface area contributed by atoms with E-state index < -0.39 is 0 Å². The van der Waals surface area contributed by atoms with Gasteiger partial charge in [0.2, 0.25) is 0 Å². The molecule has 0 bridgehead atoms. The highest BCUT2D eigenvalue weighted by atomic mass is 14.9. The summed E-state index contributed by atoms with van der Waals surface area (Å²) in [5.41, 5.74) is 1.20. The van der Waals surface area contributed by atoms with Crippen LogP contribution >= 0.6 is 0 Å². The van der Waals surface area contributed by atoms with Gasteiger partial charge < -0.3 is 5.32 Å². The normalized spacial score (nSPS) is 17.8. The van der Waals surface area contributed by atoms with Crippen LogP contribution < -0.4 is 5.32 Å². The van der Waals surface area contributed by atoms with Gasteiger partial charge in [-0.05, 0) is 19.3 Å². The SMILES string of the molecule is CC(CC1CC1)NCc1cnc(C(C)(C)C)nc1. The minimum Gasteiger partial charge on any atom is -0.310 e. The molecule has 0 radical (unpaired) electrons. The van der Waals surface area contributed by atoms with Crippen molar-refractivity contribution in [2.24, 2.45) is 5.92 Å². The van der Waals surface area contributed by atoms with Crippen molar-refractivity contribution in [2.75, 3.05) is 0 Å². The van der Waals surface area contributed by atoms with E-state index in [1.54, 1.807) is 0 Å². The Hall–Kier alpha value is -0.960. The minimum absolute atomic E-state index is 0.0330. The van der Waals surface area contributed by atoms with Gasteiger partial charge in [0.15, 0.2) is 0 Å². The summed E-state index contributed by atoms with van der Waals surface area (Å²) in [4.78, 5) is 8.90. The van der Waals surface area contributed by atoms with Gasteiger partial charge in [-0.15, -0.1) is 0 Å². The van der Waals surface area contributed by atoms with E-state index in [9.17, 15) is 0 Å². The summed E-state index contributed by atoms with van der Waals surface area (Å²) in [7, 11) is 0. The molecular formula is C15H25N3. The summed E-state index contributed by atoms with van der Waals surface area (Å²) in [5.74, 6) is 1.89. The van der Waals surface area contributed by atoms with Crippen LogP contribution in [0.4, 0.5) is 0 Å². The summed E-state index contributed by atoms with van der Waals surface area (Å²) in [5, 5.41) is 3.55. The monoisotopic (exact) mass is 247 g/mol. The second-order valence-corrected chi connectivity index (χ2v) is 6.63. The smallest absolute Gasteiger partial charge is 0.133 e. The van der Waals surface area contributed by atoms with E-state index in [4.69, 9.17) is 0 Å². The molecule has 1 atom stereocenters. The number of aromatic nitrogens is 2. The first kappa shape index (κ1) is 13.5.